The zero-order valence-corrected chi connectivity index (χ0v) is 12.4. The van der Waals surface area contributed by atoms with Gasteiger partial charge in [0, 0.05) is 44.1 Å². The maximum Gasteiger partial charge on any atom is 0.158 e. The van der Waals surface area contributed by atoms with Crippen LogP contribution in [0.4, 0.5) is 0 Å². The number of ketones is 1. The molecule has 1 rings (SSSR count). The summed E-state index contributed by atoms with van der Waals surface area (Å²) in [5.41, 5.74) is 0. The third-order valence-corrected chi connectivity index (χ3v) is 2.51. The second-order valence-corrected chi connectivity index (χ2v) is 3.45. The molecule has 1 N–H and O–H groups in total. The van der Waals surface area contributed by atoms with E-state index in [1.54, 1.807) is 0 Å². The van der Waals surface area contributed by atoms with E-state index in [9.17, 15) is 9.90 Å². The van der Waals surface area contributed by atoms with Crippen LogP contribution >= 0.6 is 0 Å². The Balaban J connectivity index is 0.00000121. The molecule has 12 heavy (non-hydrogen) atoms. The maximum atomic E-state index is 10.8. The van der Waals surface area contributed by atoms with Crippen molar-refractivity contribution in [3.8, 4) is 0 Å². The van der Waals surface area contributed by atoms with Crippen LogP contribution in [0.15, 0.2) is 0 Å². The average molecular weight is 383 g/mol. The van der Waals surface area contributed by atoms with E-state index in [0.717, 1.165) is 12.8 Å². The Labute approximate surface area is 110 Å². The van der Waals surface area contributed by atoms with Gasteiger partial charge >= 0.3 is 0 Å². The molecule has 1 fully saturated rings. The zero-order chi connectivity index (χ0) is 8.27. The Morgan fingerprint density at radius 2 is 1.83 bits per heavy atom. The molecule has 1 aliphatic carbocycles. The fourth-order valence-corrected chi connectivity index (χ4v) is 1.78. The van der Waals surface area contributed by atoms with Gasteiger partial charge in [-0.05, 0) is 25.7 Å². The summed E-state index contributed by atoms with van der Waals surface area (Å²) < 4.78 is 0. The summed E-state index contributed by atoms with van der Waals surface area (Å²) in [7, 11) is 0. The van der Waals surface area contributed by atoms with Gasteiger partial charge in [-0.1, -0.05) is 19.3 Å². The number of Topliss-reactive ketones (excluding diaryl/α,β-unsaturated/α-hetero) is 1. The van der Waals surface area contributed by atoms with E-state index in [-0.39, 0.29) is 55.8 Å². The molecule has 0 aliphatic heterocycles. The molecule has 1 atom stereocenters. The Morgan fingerprint density at radius 1 is 1.33 bits per heavy atom. The first-order valence-corrected chi connectivity index (χ1v) is 4.40. The Kier molecular flexibility index (Phi) is 7.10. The van der Waals surface area contributed by atoms with E-state index in [1.807, 2.05) is 0 Å². The summed E-state index contributed by atoms with van der Waals surface area (Å²) in [5.74, 6) is 0.179. The molecular formula is C9H16AcO2. The summed E-state index contributed by atoms with van der Waals surface area (Å²) in [5, 5.41) is 9.40. The molecule has 0 spiro atoms. The van der Waals surface area contributed by atoms with Gasteiger partial charge < -0.3 is 5.11 Å². The van der Waals surface area contributed by atoms with Gasteiger partial charge in [-0.2, -0.15) is 0 Å². The Morgan fingerprint density at radius 3 is 2.25 bits per heavy atom. The van der Waals surface area contributed by atoms with E-state index in [2.05, 4.69) is 0 Å². The molecule has 0 heterocycles. The molecule has 3 heteroatoms. The molecule has 0 aromatic carbocycles. The monoisotopic (exact) mass is 383 g/mol. The predicted octanol–water partition coefficient (Wildman–Crippen LogP) is 1.52. The quantitative estimate of drug-likeness (QED) is 0.785. The van der Waals surface area contributed by atoms with Crippen LogP contribution in [0.5, 0.6) is 0 Å². The topological polar surface area (TPSA) is 37.3 Å². The number of rotatable bonds is 2. The molecule has 0 aromatic rings. The van der Waals surface area contributed by atoms with Gasteiger partial charge in [0.05, 0.1) is 0 Å². The van der Waals surface area contributed by atoms with Crippen molar-refractivity contribution in [2.24, 2.45) is 5.92 Å². The molecule has 1 unspecified atom stereocenters. The zero-order valence-electron chi connectivity index (χ0n) is 7.62. The van der Waals surface area contributed by atoms with E-state index in [4.69, 9.17) is 0 Å². The number of carbonyl (C=O) groups excluding carboxylic acids is 1. The van der Waals surface area contributed by atoms with Crippen LogP contribution in [0.3, 0.4) is 0 Å². The van der Waals surface area contributed by atoms with Crippen molar-refractivity contribution in [1.29, 1.82) is 0 Å². The largest absolute Gasteiger partial charge is 0.385 e. The molecule has 0 aromatic heterocycles. The van der Waals surface area contributed by atoms with Crippen LogP contribution in [-0.2, 0) is 4.79 Å². The van der Waals surface area contributed by atoms with Crippen molar-refractivity contribution in [2.75, 3.05) is 0 Å². The van der Waals surface area contributed by atoms with Gasteiger partial charge in [0.1, 0.15) is 6.10 Å². The van der Waals surface area contributed by atoms with Crippen molar-refractivity contribution >= 4 is 5.78 Å². The van der Waals surface area contributed by atoms with Crippen LogP contribution in [0.25, 0.3) is 0 Å². The third-order valence-electron chi connectivity index (χ3n) is 2.51. The Bertz CT molecular complexity index is 141. The number of hydrogen-bond donors (Lipinski definition) is 1. The molecule has 0 bridgehead atoms. The minimum absolute atomic E-state index is 0. The summed E-state index contributed by atoms with van der Waals surface area (Å²) >= 11 is 0. The van der Waals surface area contributed by atoms with Gasteiger partial charge in [0.15, 0.2) is 5.78 Å². The fraction of sp³-hybridized carbons (Fsp3) is 0.889. The number of aliphatic hydroxyl groups is 1. The average Bonchev–Trinajstić information content (AvgIpc) is 2.05. The minimum atomic E-state index is -0.685. The van der Waals surface area contributed by atoms with Gasteiger partial charge in [-0.25, -0.2) is 0 Å². The van der Waals surface area contributed by atoms with Crippen LogP contribution in [0.1, 0.15) is 39.0 Å². The third kappa shape index (κ3) is 3.85. The number of carbonyl (C=O) groups is 1. The summed E-state index contributed by atoms with van der Waals surface area (Å²) in [4.78, 5) is 10.8. The molecule has 1 aliphatic rings. The molecule has 2 nitrogen and oxygen atoms in total. The first kappa shape index (κ1) is 13.1. The number of hydrogen-bond acceptors (Lipinski definition) is 2. The second kappa shape index (κ2) is 6.51. The van der Waals surface area contributed by atoms with Crippen LogP contribution in [0.2, 0.25) is 0 Å². The van der Waals surface area contributed by atoms with Crippen molar-refractivity contribution in [2.45, 2.75) is 45.1 Å². The van der Waals surface area contributed by atoms with Gasteiger partial charge in [-0.3, -0.25) is 4.79 Å². The fourth-order valence-electron chi connectivity index (χ4n) is 1.78. The predicted molar refractivity (Wildman–Crippen MR) is 43.3 cm³/mol. The van der Waals surface area contributed by atoms with E-state index in [1.165, 1.54) is 26.2 Å². The van der Waals surface area contributed by atoms with E-state index in [0.29, 0.717) is 0 Å². The number of aliphatic hydroxyl groups excluding tert-OH is 1. The van der Waals surface area contributed by atoms with Crippen molar-refractivity contribution in [1.82, 2.24) is 0 Å². The summed E-state index contributed by atoms with van der Waals surface area (Å²) in [6, 6.07) is 0. The first-order chi connectivity index (χ1) is 5.22. The van der Waals surface area contributed by atoms with Gasteiger partial charge in [0.25, 0.3) is 0 Å². The molecule has 1 saturated carbocycles. The van der Waals surface area contributed by atoms with Crippen LogP contribution < -0.4 is 0 Å². The van der Waals surface area contributed by atoms with E-state index >= 15 is 0 Å². The molecule has 0 amide bonds. The van der Waals surface area contributed by atoms with Crippen molar-refractivity contribution in [3.05, 3.63) is 0 Å². The van der Waals surface area contributed by atoms with Crippen LogP contribution in [0, 0.1) is 50.0 Å². The molecule has 1 radical (unpaired) electrons. The van der Waals surface area contributed by atoms with Gasteiger partial charge in [0.2, 0.25) is 0 Å². The normalized spacial score (nSPS) is 21.2. The standard InChI is InChI=1S/C9H16O2.Ac/c1-7(10)9(11)8-5-3-2-4-6-8;/h8-9,11H,2-6H2,1H3;. The van der Waals surface area contributed by atoms with Crippen molar-refractivity contribution in [3.63, 3.8) is 0 Å². The SMILES string of the molecule is CC(=O)C(O)C1CCCCC1.[Ac]. The molecular weight excluding hydrogens is 367 g/mol. The maximum absolute atomic E-state index is 10.8. The smallest absolute Gasteiger partial charge is 0.158 e. The first-order valence-electron chi connectivity index (χ1n) is 4.40. The molecule has 0 saturated heterocycles. The summed E-state index contributed by atoms with van der Waals surface area (Å²) in [6.07, 6.45) is 4.99. The van der Waals surface area contributed by atoms with Crippen molar-refractivity contribution < 1.29 is 54.0 Å². The molecule has 67 valence electrons. The summed E-state index contributed by atoms with van der Waals surface area (Å²) in [6.45, 7) is 1.47. The second-order valence-electron chi connectivity index (χ2n) is 3.45. The van der Waals surface area contributed by atoms with Crippen LogP contribution in [-0.4, -0.2) is 17.0 Å². The Hall–Kier alpha value is 1.07. The minimum Gasteiger partial charge on any atom is -0.385 e. The van der Waals surface area contributed by atoms with Gasteiger partial charge in [-0.15, -0.1) is 0 Å². The van der Waals surface area contributed by atoms with E-state index < -0.39 is 6.10 Å².